The molecule has 0 radical (unpaired) electrons. The van der Waals surface area contributed by atoms with Gasteiger partial charge in [-0.1, -0.05) is 126 Å². The lowest BCUT2D eigenvalue weighted by atomic mass is 9.96. The molecule has 0 atom stereocenters. The zero-order valence-corrected chi connectivity index (χ0v) is 25.9. The zero-order valence-electron chi connectivity index (χ0n) is 24.3. The predicted molar refractivity (Wildman–Crippen MR) is 169 cm³/mol. The number of aryl methyl sites for hydroxylation is 2. The van der Waals surface area contributed by atoms with Gasteiger partial charge >= 0.3 is 0 Å². The molecule has 0 unspecified atom stereocenters. The molecule has 1 heterocycles. The van der Waals surface area contributed by atoms with Crippen molar-refractivity contribution < 1.29 is 4.74 Å². The van der Waals surface area contributed by atoms with Gasteiger partial charge in [-0.15, -0.1) is 11.3 Å². The summed E-state index contributed by atoms with van der Waals surface area (Å²) in [5.74, 6) is 0.945. The number of nitriles is 1. The van der Waals surface area contributed by atoms with Crippen LogP contribution < -0.4 is 4.74 Å². The minimum atomic E-state index is 0.662. The van der Waals surface area contributed by atoms with E-state index >= 15 is 0 Å². The number of halogens is 1. The second-order valence-electron chi connectivity index (χ2n) is 10.7. The minimum Gasteiger partial charge on any atom is -0.493 e. The summed E-state index contributed by atoms with van der Waals surface area (Å²) in [7, 11) is 0. The van der Waals surface area contributed by atoms with Gasteiger partial charge in [-0.3, -0.25) is 0 Å². The van der Waals surface area contributed by atoms with Crippen LogP contribution in [0.25, 0.3) is 11.1 Å². The van der Waals surface area contributed by atoms with Crippen molar-refractivity contribution in [3.8, 4) is 22.9 Å². The highest BCUT2D eigenvalue weighted by Crippen LogP contribution is 2.42. The van der Waals surface area contributed by atoms with Crippen LogP contribution in [0.2, 0.25) is 4.34 Å². The smallest absolute Gasteiger partial charge is 0.122 e. The van der Waals surface area contributed by atoms with E-state index in [2.05, 4.69) is 57.2 Å². The Balaban J connectivity index is 1.78. The largest absolute Gasteiger partial charge is 0.493 e. The maximum atomic E-state index is 10.2. The van der Waals surface area contributed by atoms with Crippen LogP contribution in [0, 0.1) is 18.3 Å². The van der Waals surface area contributed by atoms with Gasteiger partial charge in [0.25, 0.3) is 0 Å². The Bertz CT molecular complexity index is 1190. The lowest BCUT2D eigenvalue weighted by molar-refractivity contribution is 0.302. The first kappa shape index (κ1) is 31.3. The fourth-order valence-corrected chi connectivity index (χ4v) is 6.68. The third kappa shape index (κ3) is 9.70. The van der Waals surface area contributed by atoms with E-state index in [9.17, 15) is 5.26 Å². The summed E-state index contributed by atoms with van der Waals surface area (Å²) in [4.78, 5) is 1.02. The van der Waals surface area contributed by atoms with Crippen molar-refractivity contribution >= 4 is 22.9 Å². The van der Waals surface area contributed by atoms with Crippen molar-refractivity contribution in [1.82, 2.24) is 0 Å². The van der Waals surface area contributed by atoms with Crippen molar-refractivity contribution in [2.45, 2.75) is 111 Å². The molecule has 0 fully saturated rings. The normalized spacial score (nSPS) is 11.1. The van der Waals surface area contributed by atoms with Gasteiger partial charge in [-0.2, -0.15) is 5.26 Å². The predicted octanol–water partition coefficient (Wildman–Crippen LogP) is 11.5. The number of nitrogens with zero attached hydrogens (tertiary/aromatic N) is 1. The molecular weight excluding hydrogens is 518 g/mol. The van der Waals surface area contributed by atoms with Crippen molar-refractivity contribution in [2.75, 3.05) is 6.61 Å². The first-order valence-corrected chi connectivity index (χ1v) is 16.3. The van der Waals surface area contributed by atoms with Crippen LogP contribution in [-0.2, 0) is 12.8 Å². The van der Waals surface area contributed by atoms with Crippen LogP contribution in [0.1, 0.15) is 118 Å². The van der Waals surface area contributed by atoms with Crippen LogP contribution in [0.3, 0.4) is 0 Å². The monoisotopic (exact) mass is 563 g/mol. The molecule has 0 saturated carbocycles. The molecular formula is C35H46ClNOS. The number of hydrogen-bond acceptors (Lipinski definition) is 3. The van der Waals surface area contributed by atoms with Crippen LogP contribution in [0.5, 0.6) is 5.75 Å². The Kier molecular flexibility index (Phi) is 14.0. The lowest BCUT2D eigenvalue weighted by Crippen LogP contribution is -2.02. The van der Waals surface area contributed by atoms with Gasteiger partial charge in [0.2, 0.25) is 0 Å². The average molecular weight is 564 g/mol. The summed E-state index contributed by atoms with van der Waals surface area (Å²) >= 11 is 8.32. The molecule has 3 rings (SSSR count). The Morgan fingerprint density at radius 3 is 2.21 bits per heavy atom. The van der Waals surface area contributed by atoms with Crippen LogP contribution in [0.4, 0.5) is 0 Å². The van der Waals surface area contributed by atoms with Gasteiger partial charge in [0, 0.05) is 16.9 Å². The first-order valence-electron chi connectivity index (χ1n) is 15.1. The standard InChI is InChI=1S/C35H46ClNOS/c1-4-6-8-10-12-14-19-28-21-22-32(38-23-17-13-11-9-7-5-2)29(24-28)25-33-31(26-37)34(35(36)39-33)30-20-16-15-18-27(30)3/h15-16,18,20-22,24H,4-14,17,19,23,25H2,1-3H3. The Labute approximate surface area is 246 Å². The molecule has 0 bridgehead atoms. The number of rotatable bonds is 18. The van der Waals surface area contributed by atoms with E-state index in [4.69, 9.17) is 16.3 Å². The second kappa shape index (κ2) is 17.4. The number of unbranched alkanes of at least 4 members (excludes halogenated alkanes) is 10. The van der Waals surface area contributed by atoms with Crippen molar-refractivity contribution in [2.24, 2.45) is 0 Å². The van der Waals surface area contributed by atoms with E-state index in [1.165, 1.54) is 87.5 Å². The molecule has 4 heteroatoms. The van der Waals surface area contributed by atoms with Gasteiger partial charge in [0.05, 0.1) is 12.2 Å². The Hall–Kier alpha value is -2.28. The summed E-state index contributed by atoms with van der Waals surface area (Å²) in [5.41, 5.74) is 6.25. The number of hydrogen-bond donors (Lipinski definition) is 0. The highest BCUT2D eigenvalue weighted by molar-refractivity contribution is 7.17. The van der Waals surface area contributed by atoms with Crippen molar-refractivity contribution in [3.63, 3.8) is 0 Å². The fourth-order valence-electron chi connectivity index (χ4n) is 5.20. The number of ether oxygens (including phenoxy) is 1. The van der Waals surface area contributed by atoms with Crippen molar-refractivity contribution in [3.05, 3.63) is 73.9 Å². The Morgan fingerprint density at radius 1 is 0.846 bits per heavy atom. The topological polar surface area (TPSA) is 33.0 Å². The van der Waals surface area contributed by atoms with E-state index in [-0.39, 0.29) is 0 Å². The van der Waals surface area contributed by atoms with E-state index in [1.54, 1.807) is 0 Å². The molecule has 3 aromatic rings. The van der Waals surface area contributed by atoms with Crippen LogP contribution in [-0.4, -0.2) is 6.61 Å². The van der Waals surface area contributed by atoms with Gasteiger partial charge < -0.3 is 4.74 Å². The maximum Gasteiger partial charge on any atom is 0.122 e. The van der Waals surface area contributed by atoms with E-state index in [1.807, 2.05) is 12.1 Å². The zero-order chi connectivity index (χ0) is 27.9. The Morgan fingerprint density at radius 2 is 1.51 bits per heavy atom. The molecule has 1 aromatic heterocycles. The number of benzene rings is 2. The SMILES string of the molecule is CCCCCCCCOc1ccc(CCCCCCCC)cc1Cc1sc(Cl)c(-c2ccccc2C)c1C#N. The van der Waals surface area contributed by atoms with E-state index in [0.717, 1.165) is 52.3 Å². The molecule has 0 aliphatic rings. The molecule has 2 aromatic carbocycles. The molecule has 0 aliphatic carbocycles. The molecule has 0 saturated heterocycles. The molecule has 2 nitrogen and oxygen atoms in total. The quantitative estimate of drug-likeness (QED) is 0.144. The van der Waals surface area contributed by atoms with E-state index < -0.39 is 0 Å². The molecule has 0 aliphatic heterocycles. The summed E-state index contributed by atoms with van der Waals surface area (Å²) in [5, 5.41) is 10.2. The number of thiophene rings is 1. The third-order valence-electron chi connectivity index (χ3n) is 7.51. The van der Waals surface area contributed by atoms with Crippen molar-refractivity contribution in [1.29, 1.82) is 5.26 Å². The first-order chi connectivity index (χ1) is 19.1. The van der Waals surface area contributed by atoms with Crippen LogP contribution >= 0.6 is 22.9 Å². The van der Waals surface area contributed by atoms with Gasteiger partial charge in [-0.05, 0) is 54.5 Å². The summed E-state index contributed by atoms with van der Waals surface area (Å²) < 4.78 is 7.03. The summed E-state index contributed by atoms with van der Waals surface area (Å²) in [6.45, 7) is 7.33. The fraction of sp³-hybridized carbons (Fsp3) is 0.514. The highest BCUT2D eigenvalue weighted by Gasteiger charge is 2.21. The summed E-state index contributed by atoms with van der Waals surface area (Å²) in [6.07, 6.45) is 17.0. The highest BCUT2D eigenvalue weighted by atomic mass is 35.5. The molecule has 210 valence electrons. The summed E-state index contributed by atoms with van der Waals surface area (Å²) in [6, 6.07) is 17.4. The molecule has 0 spiro atoms. The molecule has 0 N–H and O–H groups in total. The van der Waals surface area contributed by atoms with Crippen LogP contribution in [0.15, 0.2) is 42.5 Å². The van der Waals surface area contributed by atoms with Gasteiger partial charge in [-0.25, -0.2) is 0 Å². The third-order valence-corrected chi connectivity index (χ3v) is 8.91. The van der Waals surface area contributed by atoms with Gasteiger partial charge in [0.1, 0.15) is 16.2 Å². The average Bonchev–Trinajstić information content (AvgIpc) is 3.25. The maximum absolute atomic E-state index is 10.2. The lowest BCUT2D eigenvalue weighted by Gasteiger charge is -2.14. The molecule has 39 heavy (non-hydrogen) atoms. The van der Waals surface area contributed by atoms with E-state index in [0.29, 0.717) is 16.3 Å². The van der Waals surface area contributed by atoms with Gasteiger partial charge in [0.15, 0.2) is 0 Å². The minimum absolute atomic E-state index is 0.662. The second-order valence-corrected chi connectivity index (χ2v) is 12.4. The molecule has 0 amide bonds.